The number of carbonyl (C=O) groups excluding carboxylic acids is 2. The summed E-state index contributed by atoms with van der Waals surface area (Å²) in [6.07, 6.45) is 1.42. The number of ether oxygens (including phenoxy) is 2. The lowest BCUT2D eigenvalue weighted by molar-refractivity contribution is -0.123. The number of hydrogen-bond acceptors (Lipinski definition) is 6. The molecule has 2 rings (SSSR count). The van der Waals surface area contributed by atoms with Crippen LogP contribution in [-0.4, -0.2) is 43.4 Å². The van der Waals surface area contributed by atoms with Crippen molar-refractivity contribution in [3.63, 3.8) is 0 Å². The van der Waals surface area contributed by atoms with E-state index in [1.165, 1.54) is 19.4 Å². The first-order valence-electron chi connectivity index (χ1n) is 9.00. The van der Waals surface area contributed by atoms with Crippen LogP contribution in [0, 0.1) is 5.92 Å². The highest BCUT2D eigenvalue weighted by Crippen LogP contribution is 2.25. The number of phenolic OH excluding ortho intramolecular Hbond substituents is 1. The Bertz CT molecular complexity index is 878. The first kappa shape index (κ1) is 21.7. The minimum Gasteiger partial charge on any atom is -0.504 e. The predicted molar refractivity (Wildman–Crippen MR) is 109 cm³/mol. The van der Waals surface area contributed by atoms with Gasteiger partial charge in [0.1, 0.15) is 11.8 Å². The third kappa shape index (κ3) is 5.97. The van der Waals surface area contributed by atoms with Gasteiger partial charge in [0.05, 0.1) is 20.4 Å². The van der Waals surface area contributed by atoms with Gasteiger partial charge in [-0.1, -0.05) is 13.8 Å². The Hall–Kier alpha value is -3.55. The summed E-state index contributed by atoms with van der Waals surface area (Å²) in [5.74, 6) is -0.0134. The van der Waals surface area contributed by atoms with Gasteiger partial charge in [-0.3, -0.25) is 9.59 Å². The summed E-state index contributed by atoms with van der Waals surface area (Å²) >= 11 is 0. The molecule has 0 saturated heterocycles. The number of nitrogens with one attached hydrogen (secondary N) is 2. The van der Waals surface area contributed by atoms with E-state index in [9.17, 15) is 14.7 Å². The highest BCUT2D eigenvalue weighted by atomic mass is 16.5. The fourth-order valence-corrected chi connectivity index (χ4v) is 2.52. The first-order chi connectivity index (χ1) is 13.8. The fraction of sp³-hybridized carbons (Fsp3) is 0.286. The molecule has 8 heteroatoms. The molecule has 3 N–H and O–H groups in total. The number of amides is 2. The summed E-state index contributed by atoms with van der Waals surface area (Å²) in [5, 5.41) is 16.3. The van der Waals surface area contributed by atoms with E-state index in [0.29, 0.717) is 22.6 Å². The molecular weight excluding hydrogens is 374 g/mol. The Balaban J connectivity index is 2.02. The van der Waals surface area contributed by atoms with Crippen molar-refractivity contribution in [2.75, 3.05) is 14.2 Å². The molecule has 0 heterocycles. The molecule has 0 aliphatic carbocycles. The molecule has 2 aromatic rings. The minimum absolute atomic E-state index is 0.00908. The van der Waals surface area contributed by atoms with Gasteiger partial charge in [0, 0.05) is 5.56 Å². The van der Waals surface area contributed by atoms with Crippen LogP contribution in [0.5, 0.6) is 17.2 Å². The van der Waals surface area contributed by atoms with Crippen molar-refractivity contribution in [2.24, 2.45) is 11.0 Å². The van der Waals surface area contributed by atoms with Crippen molar-refractivity contribution in [3.8, 4) is 17.2 Å². The summed E-state index contributed by atoms with van der Waals surface area (Å²) in [5.41, 5.74) is 3.48. The number of rotatable bonds is 8. The van der Waals surface area contributed by atoms with E-state index in [4.69, 9.17) is 9.47 Å². The van der Waals surface area contributed by atoms with E-state index < -0.39 is 11.9 Å². The molecule has 0 aliphatic heterocycles. The normalized spacial score (nSPS) is 11.9. The lowest BCUT2D eigenvalue weighted by Crippen LogP contribution is -2.48. The number of aromatic hydroxyl groups is 1. The predicted octanol–water partition coefficient (Wildman–Crippen LogP) is 2.31. The van der Waals surface area contributed by atoms with Crippen molar-refractivity contribution in [2.45, 2.75) is 19.9 Å². The molecule has 8 nitrogen and oxygen atoms in total. The van der Waals surface area contributed by atoms with E-state index in [0.717, 1.165) is 0 Å². The monoisotopic (exact) mass is 399 g/mol. The van der Waals surface area contributed by atoms with Crippen LogP contribution in [0.15, 0.2) is 47.6 Å². The van der Waals surface area contributed by atoms with Crippen molar-refractivity contribution in [1.82, 2.24) is 10.7 Å². The lowest BCUT2D eigenvalue weighted by atomic mass is 10.0. The minimum atomic E-state index is -0.767. The van der Waals surface area contributed by atoms with E-state index in [1.54, 1.807) is 43.5 Å². The zero-order valence-electron chi connectivity index (χ0n) is 16.8. The van der Waals surface area contributed by atoms with Gasteiger partial charge in [-0.25, -0.2) is 5.43 Å². The Kier molecular flexibility index (Phi) is 7.59. The first-order valence-corrected chi connectivity index (χ1v) is 9.00. The summed E-state index contributed by atoms with van der Waals surface area (Å²) in [7, 11) is 2.99. The van der Waals surface area contributed by atoms with Crippen LogP contribution in [0.3, 0.4) is 0 Å². The molecule has 0 fully saturated rings. The number of nitrogens with zero attached hydrogens (tertiary/aromatic N) is 1. The van der Waals surface area contributed by atoms with Crippen molar-refractivity contribution in [1.29, 1.82) is 0 Å². The maximum atomic E-state index is 12.5. The number of carbonyl (C=O) groups is 2. The molecule has 0 bridgehead atoms. The Labute approximate surface area is 169 Å². The van der Waals surface area contributed by atoms with E-state index in [2.05, 4.69) is 15.8 Å². The van der Waals surface area contributed by atoms with E-state index in [-0.39, 0.29) is 17.6 Å². The number of phenols is 1. The average Bonchev–Trinajstić information content (AvgIpc) is 2.72. The molecule has 0 aromatic heterocycles. The van der Waals surface area contributed by atoms with Gasteiger partial charge in [0.15, 0.2) is 11.5 Å². The second-order valence-electron chi connectivity index (χ2n) is 6.59. The highest BCUT2D eigenvalue weighted by Gasteiger charge is 2.24. The van der Waals surface area contributed by atoms with Crippen LogP contribution >= 0.6 is 0 Å². The molecule has 2 aromatic carbocycles. The van der Waals surface area contributed by atoms with Gasteiger partial charge in [-0.05, 0) is 53.9 Å². The molecule has 29 heavy (non-hydrogen) atoms. The number of hydrazone groups is 1. The summed E-state index contributed by atoms with van der Waals surface area (Å²) in [6.45, 7) is 3.65. The third-order valence-corrected chi connectivity index (χ3v) is 4.18. The third-order valence-electron chi connectivity index (χ3n) is 4.18. The highest BCUT2D eigenvalue weighted by molar-refractivity contribution is 5.97. The van der Waals surface area contributed by atoms with Crippen molar-refractivity contribution in [3.05, 3.63) is 53.6 Å². The second-order valence-corrected chi connectivity index (χ2v) is 6.59. The molecule has 2 amide bonds. The van der Waals surface area contributed by atoms with Crippen LogP contribution in [0.4, 0.5) is 0 Å². The number of methoxy groups -OCH3 is 2. The van der Waals surface area contributed by atoms with E-state index >= 15 is 0 Å². The number of benzene rings is 2. The average molecular weight is 399 g/mol. The molecule has 0 radical (unpaired) electrons. The Morgan fingerprint density at radius 2 is 1.76 bits per heavy atom. The molecule has 1 atom stereocenters. The summed E-state index contributed by atoms with van der Waals surface area (Å²) < 4.78 is 10.1. The molecular formula is C21H25N3O5. The fourth-order valence-electron chi connectivity index (χ4n) is 2.52. The Morgan fingerprint density at radius 3 is 2.34 bits per heavy atom. The van der Waals surface area contributed by atoms with Gasteiger partial charge < -0.3 is 19.9 Å². The largest absolute Gasteiger partial charge is 0.504 e. The molecule has 154 valence electrons. The number of hydrogen-bond donors (Lipinski definition) is 3. The summed E-state index contributed by atoms with van der Waals surface area (Å²) in [4.78, 5) is 24.9. The summed E-state index contributed by atoms with van der Waals surface area (Å²) in [6, 6.07) is 10.5. The van der Waals surface area contributed by atoms with Gasteiger partial charge >= 0.3 is 0 Å². The van der Waals surface area contributed by atoms with Crippen LogP contribution in [0.1, 0.15) is 29.8 Å². The van der Waals surface area contributed by atoms with Crippen molar-refractivity contribution >= 4 is 18.0 Å². The molecule has 0 spiro atoms. The van der Waals surface area contributed by atoms with Gasteiger partial charge in [-0.2, -0.15) is 5.10 Å². The SMILES string of the molecule is COc1ccc(C(=O)NC(C(=O)NN=Cc2ccc(O)c(OC)c2)C(C)C)cc1. The lowest BCUT2D eigenvalue weighted by Gasteiger charge is -2.20. The van der Waals surface area contributed by atoms with Crippen LogP contribution in [-0.2, 0) is 4.79 Å². The van der Waals surface area contributed by atoms with Crippen LogP contribution in [0.2, 0.25) is 0 Å². The Morgan fingerprint density at radius 1 is 1.07 bits per heavy atom. The topological polar surface area (TPSA) is 109 Å². The standard InChI is InChI=1S/C21H25N3O5/c1-13(2)19(23-20(26)15-6-8-16(28-3)9-7-15)21(27)24-22-12-14-5-10-17(25)18(11-14)29-4/h5-13,19,25H,1-4H3,(H,23,26)(H,24,27). The molecule has 0 aliphatic rings. The zero-order valence-corrected chi connectivity index (χ0v) is 16.8. The quantitative estimate of drug-likeness (QED) is 0.466. The smallest absolute Gasteiger partial charge is 0.262 e. The molecule has 0 saturated carbocycles. The van der Waals surface area contributed by atoms with Gasteiger partial charge in [-0.15, -0.1) is 0 Å². The van der Waals surface area contributed by atoms with Crippen LogP contribution in [0.25, 0.3) is 0 Å². The maximum absolute atomic E-state index is 12.5. The zero-order chi connectivity index (χ0) is 21.4. The molecule has 1 unspecified atom stereocenters. The van der Waals surface area contributed by atoms with Gasteiger partial charge in [0.2, 0.25) is 0 Å². The maximum Gasteiger partial charge on any atom is 0.262 e. The van der Waals surface area contributed by atoms with Crippen molar-refractivity contribution < 1.29 is 24.2 Å². The van der Waals surface area contributed by atoms with Gasteiger partial charge in [0.25, 0.3) is 11.8 Å². The van der Waals surface area contributed by atoms with E-state index in [1.807, 2.05) is 13.8 Å². The van der Waals surface area contributed by atoms with Crippen LogP contribution < -0.4 is 20.2 Å². The second kappa shape index (κ2) is 10.1.